The van der Waals surface area contributed by atoms with Crippen LogP contribution in [0.15, 0.2) is 54.6 Å². The molecule has 110 valence electrons. The number of nitrogens with one attached hydrogen (secondary N) is 1. The molecule has 1 unspecified atom stereocenters. The normalized spacial score (nSPS) is 11.8. The third-order valence-corrected chi connectivity index (χ3v) is 3.37. The molecule has 0 aliphatic rings. The van der Waals surface area contributed by atoms with Crippen LogP contribution in [0, 0.1) is 0 Å². The summed E-state index contributed by atoms with van der Waals surface area (Å²) in [7, 11) is 3.90. The first kappa shape index (κ1) is 15.1. The van der Waals surface area contributed by atoms with Crippen molar-refractivity contribution < 1.29 is 4.79 Å². The first-order chi connectivity index (χ1) is 10.1. The zero-order chi connectivity index (χ0) is 15.2. The standard InChI is InChI=1S/C17H21N3O/c1-20(2)15-10-6-9-14(11-15)17(21)19-16(12-18)13-7-4-3-5-8-13/h3-11,16H,12,18H2,1-2H3,(H,19,21). The van der Waals surface area contributed by atoms with Gasteiger partial charge in [-0.15, -0.1) is 0 Å². The lowest BCUT2D eigenvalue weighted by molar-refractivity contribution is 0.0938. The lowest BCUT2D eigenvalue weighted by Gasteiger charge is -2.18. The van der Waals surface area contributed by atoms with Crippen molar-refractivity contribution in [1.29, 1.82) is 0 Å². The molecule has 1 amide bonds. The van der Waals surface area contributed by atoms with Crippen molar-refractivity contribution in [2.45, 2.75) is 6.04 Å². The second-order valence-electron chi connectivity index (χ2n) is 5.12. The predicted octanol–water partition coefficient (Wildman–Crippen LogP) is 2.18. The van der Waals surface area contributed by atoms with E-state index in [0.29, 0.717) is 12.1 Å². The maximum Gasteiger partial charge on any atom is 0.251 e. The molecule has 1 atom stereocenters. The average Bonchev–Trinajstić information content (AvgIpc) is 2.53. The minimum atomic E-state index is -0.179. The Morgan fingerprint density at radius 2 is 1.86 bits per heavy atom. The summed E-state index contributed by atoms with van der Waals surface area (Å²) in [5.41, 5.74) is 8.42. The van der Waals surface area contributed by atoms with E-state index in [2.05, 4.69) is 5.32 Å². The highest BCUT2D eigenvalue weighted by Gasteiger charge is 2.14. The van der Waals surface area contributed by atoms with Gasteiger partial charge in [0, 0.05) is 31.9 Å². The number of rotatable bonds is 5. The number of amides is 1. The molecule has 2 aromatic carbocycles. The lowest BCUT2D eigenvalue weighted by Crippen LogP contribution is -2.33. The third kappa shape index (κ3) is 3.83. The van der Waals surface area contributed by atoms with Gasteiger partial charge in [0.1, 0.15) is 0 Å². The topological polar surface area (TPSA) is 58.4 Å². The molecule has 3 N–H and O–H groups in total. The lowest BCUT2D eigenvalue weighted by atomic mass is 10.1. The van der Waals surface area contributed by atoms with Crippen LogP contribution in [0.25, 0.3) is 0 Å². The Kier molecular flexibility index (Phi) is 4.95. The largest absolute Gasteiger partial charge is 0.378 e. The third-order valence-electron chi connectivity index (χ3n) is 3.37. The summed E-state index contributed by atoms with van der Waals surface area (Å²) < 4.78 is 0. The van der Waals surface area contributed by atoms with Crippen molar-refractivity contribution in [2.75, 3.05) is 25.5 Å². The van der Waals surface area contributed by atoms with Gasteiger partial charge in [0.25, 0.3) is 5.91 Å². The molecule has 2 rings (SSSR count). The van der Waals surface area contributed by atoms with Gasteiger partial charge >= 0.3 is 0 Å². The van der Waals surface area contributed by atoms with Crippen molar-refractivity contribution in [3.63, 3.8) is 0 Å². The highest BCUT2D eigenvalue weighted by atomic mass is 16.1. The molecule has 4 nitrogen and oxygen atoms in total. The smallest absolute Gasteiger partial charge is 0.251 e. The van der Waals surface area contributed by atoms with Crippen LogP contribution in [0.1, 0.15) is 22.0 Å². The van der Waals surface area contributed by atoms with Crippen LogP contribution >= 0.6 is 0 Å². The number of nitrogens with two attached hydrogens (primary N) is 1. The Labute approximate surface area is 125 Å². The highest BCUT2D eigenvalue weighted by Crippen LogP contribution is 2.16. The van der Waals surface area contributed by atoms with Crippen LogP contribution in [0.5, 0.6) is 0 Å². The molecule has 0 radical (unpaired) electrons. The molecule has 21 heavy (non-hydrogen) atoms. The number of benzene rings is 2. The fraction of sp³-hybridized carbons (Fsp3) is 0.235. The highest BCUT2D eigenvalue weighted by molar-refractivity contribution is 5.95. The maximum atomic E-state index is 12.4. The van der Waals surface area contributed by atoms with Gasteiger partial charge in [0.15, 0.2) is 0 Å². The zero-order valence-corrected chi connectivity index (χ0v) is 12.4. The number of anilines is 1. The van der Waals surface area contributed by atoms with Gasteiger partial charge < -0.3 is 16.0 Å². The fourth-order valence-electron chi connectivity index (χ4n) is 2.13. The van der Waals surface area contributed by atoms with Gasteiger partial charge in [0.2, 0.25) is 0 Å². The average molecular weight is 283 g/mol. The van der Waals surface area contributed by atoms with Crippen molar-refractivity contribution >= 4 is 11.6 Å². The monoisotopic (exact) mass is 283 g/mol. The van der Waals surface area contributed by atoms with Gasteiger partial charge in [-0.2, -0.15) is 0 Å². The van der Waals surface area contributed by atoms with Gasteiger partial charge in [-0.1, -0.05) is 36.4 Å². The molecule has 0 heterocycles. The zero-order valence-electron chi connectivity index (χ0n) is 12.4. The number of nitrogens with zero attached hydrogens (tertiary/aromatic N) is 1. The number of hydrogen-bond donors (Lipinski definition) is 2. The summed E-state index contributed by atoms with van der Waals surface area (Å²) in [4.78, 5) is 14.3. The molecule has 0 aromatic heterocycles. The van der Waals surface area contributed by atoms with E-state index in [0.717, 1.165) is 11.3 Å². The Morgan fingerprint density at radius 3 is 2.48 bits per heavy atom. The van der Waals surface area contributed by atoms with E-state index in [4.69, 9.17) is 5.73 Å². The van der Waals surface area contributed by atoms with E-state index in [9.17, 15) is 4.79 Å². The summed E-state index contributed by atoms with van der Waals surface area (Å²) in [6.07, 6.45) is 0. The van der Waals surface area contributed by atoms with Crippen LogP contribution in [0.2, 0.25) is 0 Å². The van der Waals surface area contributed by atoms with Gasteiger partial charge in [-0.3, -0.25) is 4.79 Å². The minimum Gasteiger partial charge on any atom is -0.378 e. The van der Waals surface area contributed by atoms with Gasteiger partial charge in [-0.05, 0) is 23.8 Å². The van der Waals surface area contributed by atoms with Crippen molar-refractivity contribution in [3.05, 3.63) is 65.7 Å². The van der Waals surface area contributed by atoms with E-state index in [1.165, 1.54) is 0 Å². The van der Waals surface area contributed by atoms with E-state index in [-0.39, 0.29) is 11.9 Å². The molecular formula is C17H21N3O. The summed E-state index contributed by atoms with van der Waals surface area (Å²) in [6.45, 7) is 0.364. The van der Waals surface area contributed by atoms with Crippen molar-refractivity contribution in [3.8, 4) is 0 Å². The second-order valence-corrected chi connectivity index (χ2v) is 5.12. The van der Waals surface area contributed by atoms with E-state index < -0.39 is 0 Å². The van der Waals surface area contributed by atoms with Crippen LogP contribution in [0.3, 0.4) is 0 Å². The Hall–Kier alpha value is -2.33. The first-order valence-corrected chi connectivity index (χ1v) is 6.95. The quantitative estimate of drug-likeness (QED) is 0.884. The second kappa shape index (κ2) is 6.90. The van der Waals surface area contributed by atoms with Crippen LogP contribution in [-0.2, 0) is 0 Å². The Morgan fingerprint density at radius 1 is 1.14 bits per heavy atom. The van der Waals surface area contributed by atoms with E-state index in [1.807, 2.05) is 67.5 Å². The number of hydrogen-bond acceptors (Lipinski definition) is 3. The molecule has 0 saturated carbocycles. The molecule has 4 heteroatoms. The Balaban J connectivity index is 2.15. The van der Waals surface area contributed by atoms with Gasteiger partial charge in [0.05, 0.1) is 6.04 Å². The van der Waals surface area contributed by atoms with Crippen molar-refractivity contribution in [2.24, 2.45) is 5.73 Å². The molecule has 0 fully saturated rings. The minimum absolute atomic E-state index is 0.113. The summed E-state index contributed by atoms with van der Waals surface area (Å²) in [5.74, 6) is -0.113. The molecule has 0 aliphatic heterocycles. The first-order valence-electron chi connectivity index (χ1n) is 6.95. The van der Waals surface area contributed by atoms with Crippen LogP contribution < -0.4 is 16.0 Å². The molecular weight excluding hydrogens is 262 g/mol. The summed E-state index contributed by atoms with van der Waals surface area (Å²) in [5, 5.41) is 2.98. The van der Waals surface area contributed by atoms with Crippen LogP contribution in [0.4, 0.5) is 5.69 Å². The fourth-order valence-corrected chi connectivity index (χ4v) is 2.13. The Bertz CT molecular complexity index is 596. The number of carbonyl (C=O) groups is 1. The SMILES string of the molecule is CN(C)c1cccc(C(=O)NC(CN)c2ccccc2)c1. The molecule has 2 aromatic rings. The molecule has 0 aliphatic carbocycles. The van der Waals surface area contributed by atoms with Crippen molar-refractivity contribution in [1.82, 2.24) is 5.32 Å². The predicted molar refractivity (Wildman–Crippen MR) is 86.5 cm³/mol. The molecule has 0 spiro atoms. The van der Waals surface area contributed by atoms with Gasteiger partial charge in [-0.25, -0.2) is 0 Å². The van der Waals surface area contributed by atoms with E-state index in [1.54, 1.807) is 6.07 Å². The number of carbonyl (C=O) groups excluding carboxylic acids is 1. The summed E-state index contributed by atoms with van der Waals surface area (Å²) in [6, 6.07) is 17.1. The van der Waals surface area contributed by atoms with E-state index >= 15 is 0 Å². The molecule has 0 bridgehead atoms. The van der Waals surface area contributed by atoms with Crippen LogP contribution in [-0.4, -0.2) is 26.5 Å². The summed E-state index contributed by atoms with van der Waals surface area (Å²) >= 11 is 0. The maximum absolute atomic E-state index is 12.4. The molecule has 0 saturated heterocycles.